The third-order valence-electron chi connectivity index (χ3n) is 2.77. The zero-order chi connectivity index (χ0) is 18.4. The summed E-state index contributed by atoms with van der Waals surface area (Å²) in [5.41, 5.74) is -7.16. The van der Waals surface area contributed by atoms with Crippen LogP contribution in [0.25, 0.3) is 5.65 Å². The van der Waals surface area contributed by atoms with Gasteiger partial charge in [-0.05, 0) is 6.07 Å². The van der Waals surface area contributed by atoms with Gasteiger partial charge in [-0.2, -0.15) is 31.4 Å². The molecular weight excluding hydrogens is 352 g/mol. The number of alkyl halides is 6. The fourth-order valence-corrected chi connectivity index (χ4v) is 1.89. The molecule has 2 rings (SSSR count). The third kappa shape index (κ3) is 3.09. The van der Waals surface area contributed by atoms with Crippen LogP contribution in [0.4, 0.5) is 26.3 Å². The second-order valence-corrected chi connectivity index (χ2v) is 4.45. The van der Waals surface area contributed by atoms with Crippen LogP contribution in [0.15, 0.2) is 6.07 Å². The highest BCUT2D eigenvalue weighted by molar-refractivity contribution is 5.97. The van der Waals surface area contributed by atoms with Gasteiger partial charge in [0.25, 0.3) is 0 Å². The van der Waals surface area contributed by atoms with Crippen molar-refractivity contribution in [3.05, 3.63) is 28.7 Å². The van der Waals surface area contributed by atoms with Crippen LogP contribution < -0.4 is 0 Å². The van der Waals surface area contributed by atoms with E-state index in [1.807, 2.05) is 0 Å². The van der Waals surface area contributed by atoms with E-state index >= 15 is 0 Å². The van der Waals surface area contributed by atoms with Crippen molar-refractivity contribution in [1.82, 2.24) is 14.6 Å². The van der Waals surface area contributed by atoms with Gasteiger partial charge < -0.3 is 10.2 Å². The van der Waals surface area contributed by atoms with Crippen LogP contribution in [-0.4, -0.2) is 36.7 Å². The lowest BCUT2D eigenvalue weighted by molar-refractivity contribution is -0.148. The SMILES string of the molecule is O=C(O)Cc1nn2c(C(F)(F)F)cc(C(F)(F)F)nc2c1C(=O)O. The molecule has 2 aromatic heterocycles. The van der Waals surface area contributed by atoms with Crippen LogP contribution in [0.2, 0.25) is 0 Å². The lowest BCUT2D eigenvalue weighted by Crippen LogP contribution is -2.18. The summed E-state index contributed by atoms with van der Waals surface area (Å²) < 4.78 is 77.0. The van der Waals surface area contributed by atoms with Gasteiger partial charge in [-0.3, -0.25) is 4.79 Å². The number of rotatable bonds is 3. The van der Waals surface area contributed by atoms with Gasteiger partial charge in [0.1, 0.15) is 11.3 Å². The molecule has 24 heavy (non-hydrogen) atoms. The number of fused-ring (bicyclic) bond motifs is 1. The Hall–Kier alpha value is -2.86. The van der Waals surface area contributed by atoms with Crippen molar-refractivity contribution >= 4 is 17.6 Å². The van der Waals surface area contributed by atoms with Gasteiger partial charge in [-0.1, -0.05) is 0 Å². The summed E-state index contributed by atoms with van der Waals surface area (Å²) in [4.78, 5) is 24.7. The van der Waals surface area contributed by atoms with Gasteiger partial charge in [-0.25, -0.2) is 14.3 Å². The fraction of sp³-hybridized carbons (Fsp3) is 0.273. The number of aliphatic carboxylic acids is 1. The minimum atomic E-state index is -5.32. The summed E-state index contributed by atoms with van der Waals surface area (Å²) in [6.07, 6.45) is -11.7. The maximum absolute atomic E-state index is 13.0. The summed E-state index contributed by atoms with van der Waals surface area (Å²) >= 11 is 0. The molecule has 0 aliphatic rings. The first-order chi connectivity index (χ1) is 10.8. The number of halogens is 6. The predicted molar refractivity (Wildman–Crippen MR) is 61.3 cm³/mol. The standard InChI is InChI=1S/C11H5F6N3O4/c12-10(13,14)4-2-5(11(15,16)17)20-8(18-4)7(9(23)24)3(19-20)1-6(21)22/h2H,1H2,(H,21,22)(H,23,24). The molecule has 13 heteroatoms. The molecule has 0 aliphatic heterocycles. The maximum atomic E-state index is 13.0. The number of hydrogen-bond donors (Lipinski definition) is 2. The Kier molecular flexibility index (Phi) is 3.90. The van der Waals surface area contributed by atoms with E-state index < -0.39 is 59.0 Å². The highest BCUT2D eigenvalue weighted by Gasteiger charge is 2.41. The molecule has 0 atom stereocenters. The van der Waals surface area contributed by atoms with E-state index in [0.29, 0.717) is 0 Å². The van der Waals surface area contributed by atoms with E-state index in [4.69, 9.17) is 10.2 Å². The van der Waals surface area contributed by atoms with Crippen LogP contribution in [-0.2, 0) is 23.6 Å². The fourth-order valence-electron chi connectivity index (χ4n) is 1.89. The molecule has 2 aromatic rings. The summed E-state index contributed by atoms with van der Waals surface area (Å²) in [7, 11) is 0. The molecule has 2 heterocycles. The minimum Gasteiger partial charge on any atom is -0.481 e. The topological polar surface area (TPSA) is 105 Å². The number of hydrogen-bond acceptors (Lipinski definition) is 4. The Labute approximate surface area is 127 Å². The average molecular weight is 357 g/mol. The molecular formula is C11H5F6N3O4. The van der Waals surface area contributed by atoms with Gasteiger partial charge >= 0.3 is 24.3 Å². The van der Waals surface area contributed by atoms with Gasteiger partial charge in [0, 0.05) is 0 Å². The largest absolute Gasteiger partial charge is 0.481 e. The van der Waals surface area contributed by atoms with Crippen LogP contribution in [0.3, 0.4) is 0 Å². The van der Waals surface area contributed by atoms with Gasteiger partial charge in [-0.15, -0.1) is 0 Å². The Balaban J connectivity index is 2.95. The number of carboxylic acid groups (broad SMARTS) is 2. The van der Waals surface area contributed by atoms with Crippen LogP contribution in [0.5, 0.6) is 0 Å². The minimum absolute atomic E-state index is 0.156. The molecule has 0 radical (unpaired) electrons. The van der Waals surface area contributed by atoms with Crippen molar-refractivity contribution in [2.45, 2.75) is 18.8 Å². The molecule has 7 nitrogen and oxygen atoms in total. The molecule has 0 saturated heterocycles. The van der Waals surface area contributed by atoms with E-state index in [1.165, 1.54) is 0 Å². The van der Waals surface area contributed by atoms with E-state index in [1.54, 1.807) is 0 Å². The molecule has 0 fully saturated rings. The van der Waals surface area contributed by atoms with Crippen molar-refractivity contribution in [2.24, 2.45) is 0 Å². The molecule has 0 saturated carbocycles. The van der Waals surface area contributed by atoms with Crippen LogP contribution in [0, 0.1) is 0 Å². The first kappa shape index (κ1) is 17.5. The molecule has 2 N–H and O–H groups in total. The Morgan fingerprint density at radius 1 is 1.08 bits per heavy atom. The van der Waals surface area contributed by atoms with E-state index in [0.717, 1.165) is 0 Å². The quantitative estimate of drug-likeness (QED) is 0.815. The lowest BCUT2D eigenvalue weighted by Gasteiger charge is -2.12. The Bertz CT molecular complexity index is 839. The lowest BCUT2D eigenvalue weighted by atomic mass is 10.2. The maximum Gasteiger partial charge on any atom is 0.433 e. The second-order valence-electron chi connectivity index (χ2n) is 4.45. The third-order valence-corrected chi connectivity index (χ3v) is 2.77. The number of nitrogens with zero attached hydrogens (tertiary/aromatic N) is 3. The Morgan fingerprint density at radius 2 is 1.67 bits per heavy atom. The van der Waals surface area contributed by atoms with E-state index in [-0.39, 0.29) is 10.6 Å². The van der Waals surface area contributed by atoms with E-state index in [9.17, 15) is 35.9 Å². The average Bonchev–Trinajstić information content (AvgIpc) is 2.71. The van der Waals surface area contributed by atoms with Crippen molar-refractivity contribution in [1.29, 1.82) is 0 Å². The molecule has 0 spiro atoms. The predicted octanol–water partition coefficient (Wildman–Crippen LogP) is 2.09. The van der Waals surface area contributed by atoms with Gasteiger partial charge in [0.15, 0.2) is 11.3 Å². The first-order valence-electron chi connectivity index (χ1n) is 5.84. The molecule has 0 aliphatic carbocycles. The van der Waals surface area contributed by atoms with Gasteiger partial charge in [0.2, 0.25) is 0 Å². The molecule has 0 unspecified atom stereocenters. The highest BCUT2D eigenvalue weighted by Crippen LogP contribution is 2.35. The van der Waals surface area contributed by atoms with E-state index in [2.05, 4.69) is 10.1 Å². The summed E-state index contributed by atoms with van der Waals surface area (Å²) in [5, 5.41) is 20.8. The monoisotopic (exact) mass is 357 g/mol. The van der Waals surface area contributed by atoms with Crippen molar-refractivity contribution in [3.8, 4) is 0 Å². The molecule has 130 valence electrons. The smallest absolute Gasteiger partial charge is 0.433 e. The highest BCUT2D eigenvalue weighted by atomic mass is 19.4. The number of carbonyl (C=O) groups is 2. The molecule has 0 aromatic carbocycles. The molecule has 0 amide bonds. The second kappa shape index (κ2) is 5.35. The van der Waals surface area contributed by atoms with Crippen molar-refractivity contribution in [2.75, 3.05) is 0 Å². The summed E-state index contributed by atoms with van der Waals surface area (Å²) in [6, 6.07) is -0.337. The van der Waals surface area contributed by atoms with Gasteiger partial charge in [0.05, 0.1) is 12.1 Å². The number of carboxylic acids is 2. The summed E-state index contributed by atoms with van der Waals surface area (Å²) in [5.74, 6) is -3.59. The molecule has 0 bridgehead atoms. The van der Waals surface area contributed by atoms with Crippen molar-refractivity contribution < 1.29 is 46.1 Å². The van der Waals surface area contributed by atoms with Crippen LogP contribution in [0.1, 0.15) is 27.4 Å². The zero-order valence-electron chi connectivity index (χ0n) is 11.1. The Morgan fingerprint density at radius 3 is 2.08 bits per heavy atom. The normalized spacial score (nSPS) is 12.6. The van der Waals surface area contributed by atoms with Crippen molar-refractivity contribution in [3.63, 3.8) is 0 Å². The zero-order valence-corrected chi connectivity index (χ0v) is 11.1. The summed E-state index contributed by atoms with van der Waals surface area (Å²) in [6.45, 7) is 0. The first-order valence-corrected chi connectivity index (χ1v) is 5.84. The number of aromatic carboxylic acids is 1. The number of aromatic nitrogens is 3. The van der Waals surface area contributed by atoms with Crippen LogP contribution >= 0.6 is 0 Å².